The van der Waals surface area contributed by atoms with Gasteiger partial charge < -0.3 is 15.0 Å². The Morgan fingerprint density at radius 2 is 1.77 bits per heavy atom. The summed E-state index contributed by atoms with van der Waals surface area (Å²) in [6.45, 7) is 9.61. The van der Waals surface area contributed by atoms with Crippen molar-refractivity contribution < 1.29 is 24.3 Å². The predicted molar refractivity (Wildman–Crippen MR) is 148 cm³/mol. The van der Waals surface area contributed by atoms with E-state index in [9.17, 15) is 19.6 Å². The number of hydroxylamine groups is 1. The Balaban J connectivity index is 1.48. The van der Waals surface area contributed by atoms with E-state index in [1.165, 1.54) is 10.5 Å². The van der Waals surface area contributed by atoms with Crippen molar-refractivity contribution in [1.82, 2.24) is 20.7 Å². The van der Waals surface area contributed by atoms with Gasteiger partial charge in [0.2, 0.25) is 5.91 Å². The Labute approximate surface area is 228 Å². The summed E-state index contributed by atoms with van der Waals surface area (Å²) in [5.74, 6) is -1.56. The first-order valence-corrected chi connectivity index (χ1v) is 13.2. The van der Waals surface area contributed by atoms with Gasteiger partial charge in [0.15, 0.2) is 0 Å². The number of aromatic nitrogens is 1. The van der Waals surface area contributed by atoms with Crippen molar-refractivity contribution in [2.24, 2.45) is 5.92 Å². The number of ether oxygens (including phenoxy) is 1. The molecular formula is C30H36N4O5. The molecule has 1 saturated heterocycles. The van der Waals surface area contributed by atoms with E-state index in [4.69, 9.17) is 9.72 Å². The molecule has 0 spiro atoms. The van der Waals surface area contributed by atoms with Crippen LogP contribution in [0.3, 0.4) is 0 Å². The molecule has 1 fully saturated rings. The van der Waals surface area contributed by atoms with Crippen LogP contribution in [0, 0.1) is 5.92 Å². The lowest BCUT2D eigenvalue weighted by Gasteiger charge is -2.24. The number of nitrogens with zero attached hydrogens (tertiary/aromatic N) is 2. The van der Waals surface area contributed by atoms with Crippen LogP contribution in [0.2, 0.25) is 0 Å². The van der Waals surface area contributed by atoms with Crippen LogP contribution in [0.25, 0.3) is 10.9 Å². The zero-order valence-corrected chi connectivity index (χ0v) is 23.0. The number of carbonyl (C=O) groups is 3. The summed E-state index contributed by atoms with van der Waals surface area (Å²) >= 11 is 0. The standard InChI is InChI=1S/C30H36N4O5/c1-18(2)25-15-21(22-8-6-7-9-24(22)31-25)14-19-10-12-20(13-11-19)27(35)32-26-17-34(16-23(26)28(36)33-38)29(37)39-30(3,4)5/h6-13,15,18,23,26,38H,14,16-17H2,1-5H3,(H,32,35)(H,33,36)/t23-,26+/m0/s1. The molecule has 206 valence electrons. The van der Waals surface area contributed by atoms with Crippen molar-refractivity contribution in [2.75, 3.05) is 13.1 Å². The first kappa shape index (κ1) is 28.0. The third-order valence-electron chi connectivity index (χ3n) is 6.76. The predicted octanol–water partition coefficient (Wildman–Crippen LogP) is 4.42. The monoisotopic (exact) mass is 532 g/mol. The van der Waals surface area contributed by atoms with Gasteiger partial charge in [0, 0.05) is 29.7 Å². The number of nitrogens with one attached hydrogen (secondary N) is 2. The van der Waals surface area contributed by atoms with Gasteiger partial charge in [-0.05, 0) is 68.5 Å². The Kier molecular flexibility index (Phi) is 8.20. The fourth-order valence-electron chi connectivity index (χ4n) is 4.73. The summed E-state index contributed by atoms with van der Waals surface area (Å²) in [5.41, 5.74) is 5.60. The molecule has 0 unspecified atom stereocenters. The number of hydrogen-bond donors (Lipinski definition) is 3. The molecule has 1 aliphatic rings. The number of amides is 3. The third-order valence-corrected chi connectivity index (χ3v) is 6.76. The maximum Gasteiger partial charge on any atom is 0.410 e. The number of para-hydroxylation sites is 1. The number of rotatable bonds is 6. The number of benzene rings is 2. The molecule has 0 aliphatic carbocycles. The fraction of sp³-hybridized carbons (Fsp3) is 0.400. The third kappa shape index (κ3) is 6.72. The Bertz CT molecular complexity index is 1360. The van der Waals surface area contributed by atoms with Crippen LogP contribution in [0.5, 0.6) is 0 Å². The van der Waals surface area contributed by atoms with E-state index in [0.29, 0.717) is 17.9 Å². The molecule has 39 heavy (non-hydrogen) atoms. The number of fused-ring (bicyclic) bond motifs is 1. The smallest absolute Gasteiger partial charge is 0.410 e. The van der Waals surface area contributed by atoms with E-state index in [-0.39, 0.29) is 19.0 Å². The number of pyridine rings is 1. The lowest BCUT2D eigenvalue weighted by molar-refractivity contribution is -0.133. The number of likely N-dealkylation sites (tertiary alicyclic amines) is 1. The molecule has 2 heterocycles. The molecular weight excluding hydrogens is 496 g/mol. The van der Waals surface area contributed by atoms with E-state index in [1.807, 2.05) is 30.3 Å². The van der Waals surface area contributed by atoms with E-state index >= 15 is 0 Å². The molecule has 4 rings (SSSR count). The van der Waals surface area contributed by atoms with Gasteiger partial charge in [-0.2, -0.15) is 0 Å². The molecule has 1 aliphatic heterocycles. The summed E-state index contributed by atoms with van der Waals surface area (Å²) in [4.78, 5) is 44.1. The van der Waals surface area contributed by atoms with Crippen molar-refractivity contribution in [3.05, 3.63) is 77.0 Å². The molecule has 0 radical (unpaired) electrons. The molecule has 9 nitrogen and oxygen atoms in total. The lowest BCUT2D eigenvalue weighted by Crippen LogP contribution is -2.45. The van der Waals surface area contributed by atoms with Gasteiger partial charge >= 0.3 is 6.09 Å². The highest BCUT2D eigenvalue weighted by molar-refractivity contribution is 5.95. The maximum absolute atomic E-state index is 13.1. The highest BCUT2D eigenvalue weighted by atomic mass is 16.6. The molecule has 3 amide bonds. The minimum absolute atomic E-state index is 0.0173. The summed E-state index contributed by atoms with van der Waals surface area (Å²) in [6, 6.07) is 16.9. The van der Waals surface area contributed by atoms with Gasteiger partial charge in [0.25, 0.3) is 5.91 Å². The zero-order valence-electron chi connectivity index (χ0n) is 23.0. The normalized spacial score (nSPS) is 17.4. The number of hydrogen-bond acceptors (Lipinski definition) is 6. The second-order valence-electron chi connectivity index (χ2n) is 11.3. The first-order valence-electron chi connectivity index (χ1n) is 13.2. The van der Waals surface area contributed by atoms with Crippen LogP contribution < -0.4 is 10.8 Å². The van der Waals surface area contributed by atoms with Gasteiger partial charge in [0.1, 0.15) is 5.60 Å². The molecule has 0 bridgehead atoms. The van der Waals surface area contributed by atoms with E-state index in [1.54, 1.807) is 38.4 Å². The van der Waals surface area contributed by atoms with Crippen LogP contribution in [0.1, 0.15) is 67.7 Å². The quantitative estimate of drug-likeness (QED) is 0.319. The zero-order chi connectivity index (χ0) is 28.3. The first-order chi connectivity index (χ1) is 18.4. The minimum atomic E-state index is -0.819. The van der Waals surface area contributed by atoms with Crippen molar-refractivity contribution in [2.45, 2.75) is 58.6 Å². The molecule has 0 saturated carbocycles. The molecule has 9 heteroatoms. The van der Waals surface area contributed by atoms with Gasteiger partial charge in [-0.1, -0.05) is 44.2 Å². The van der Waals surface area contributed by atoms with Gasteiger partial charge in [-0.15, -0.1) is 0 Å². The molecule has 1 aromatic heterocycles. The second kappa shape index (κ2) is 11.4. The van der Waals surface area contributed by atoms with Gasteiger partial charge in [0.05, 0.1) is 17.5 Å². The average molecular weight is 533 g/mol. The Hall–Kier alpha value is -3.98. The topological polar surface area (TPSA) is 121 Å². The second-order valence-corrected chi connectivity index (χ2v) is 11.3. The molecule has 3 N–H and O–H groups in total. The SMILES string of the molecule is CC(C)c1cc(Cc2ccc(C(=O)N[C@@H]3CN(C(=O)OC(C)(C)C)C[C@@H]3C(=O)NO)cc2)c2ccccc2n1. The Morgan fingerprint density at radius 3 is 2.41 bits per heavy atom. The van der Waals surface area contributed by atoms with Crippen LogP contribution >= 0.6 is 0 Å². The summed E-state index contributed by atoms with van der Waals surface area (Å²) in [6.07, 6.45) is 0.111. The van der Waals surface area contributed by atoms with Gasteiger partial charge in [-0.25, -0.2) is 10.3 Å². The summed E-state index contributed by atoms with van der Waals surface area (Å²) < 4.78 is 5.41. The van der Waals surface area contributed by atoms with Crippen molar-refractivity contribution in [1.29, 1.82) is 0 Å². The van der Waals surface area contributed by atoms with Crippen molar-refractivity contribution >= 4 is 28.8 Å². The summed E-state index contributed by atoms with van der Waals surface area (Å²) in [5, 5.41) is 13.1. The largest absolute Gasteiger partial charge is 0.444 e. The highest BCUT2D eigenvalue weighted by Gasteiger charge is 2.41. The highest BCUT2D eigenvalue weighted by Crippen LogP contribution is 2.25. The van der Waals surface area contributed by atoms with Crippen molar-refractivity contribution in [3.8, 4) is 0 Å². The van der Waals surface area contributed by atoms with Crippen LogP contribution in [0.15, 0.2) is 54.6 Å². The van der Waals surface area contributed by atoms with E-state index in [2.05, 4.69) is 31.3 Å². The average Bonchev–Trinajstić information content (AvgIpc) is 3.31. The molecule has 3 aromatic rings. The lowest BCUT2D eigenvalue weighted by atomic mass is 9.97. The Morgan fingerprint density at radius 1 is 1.08 bits per heavy atom. The summed E-state index contributed by atoms with van der Waals surface area (Å²) in [7, 11) is 0. The van der Waals surface area contributed by atoms with Crippen LogP contribution in [-0.4, -0.2) is 57.7 Å². The van der Waals surface area contributed by atoms with Crippen molar-refractivity contribution in [3.63, 3.8) is 0 Å². The minimum Gasteiger partial charge on any atom is -0.444 e. The van der Waals surface area contributed by atoms with Crippen LogP contribution in [0.4, 0.5) is 4.79 Å². The molecule has 2 aromatic carbocycles. The van der Waals surface area contributed by atoms with E-state index in [0.717, 1.165) is 22.2 Å². The van der Waals surface area contributed by atoms with E-state index < -0.39 is 29.6 Å². The van der Waals surface area contributed by atoms with Crippen LogP contribution in [-0.2, 0) is 16.0 Å². The maximum atomic E-state index is 13.1. The van der Waals surface area contributed by atoms with Gasteiger partial charge in [-0.3, -0.25) is 19.8 Å². The number of carbonyl (C=O) groups excluding carboxylic acids is 3. The fourth-order valence-corrected chi connectivity index (χ4v) is 4.73. The molecule has 2 atom stereocenters.